The zero-order chi connectivity index (χ0) is 18.2. The molecule has 0 aliphatic carbocycles. The molecule has 2 aromatic rings. The molecule has 0 saturated heterocycles. The van der Waals surface area contributed by atoms with E-state index in [0.717, 1.165) is 23.1 Å². The SMILES string of the molecule is C[C@@H]1CC(=O)Nc2cc(S(=O)(=O)Nc3cc(F)ccc3F)ccc2S1. The van der Waals surface area contributed by atoms with Gasteiger partial charge >= 0.3 is 0 Å². The maximum atomic E-state index is 13.7. The van der Waals surface area contributed by atoms with Gasteiger partial charge in [0.1, 0.15) is 11.6 Å². The summed E-state index contributed by atoms with van der Waals surface area (Å²) >= 11 is 1.46. The summed E-state index contributed by atoms with van der Waals surface area (Å²) in [6, 6.07) is 6.73. The van der Waals surface area contributed by atoms with Crippen molar-refractivity contribution in [2.24, 2.45) is 0 Å². The molecule has 0 bridgehead atoms. The molecule has 25 heavy (non-hydrogen) atoms. The van der Waals surface area contributed by atoms with Crippen LogP contribution in [0, 0.1) is 11.6 Å². The lowest BCUT2D eigenvalue weighted by Crippen LogP contribution is -2.16. The molecular weight excluding hydrogens is 370 g/mol. The van der Waals surface area contributed by atoms with Crippen LogP contribution in [-0.2, 0) is 14.8 Å². The molecule has 1 aliphatic heterocycles. The number of halogens is 2. The van der Waals surface area contributed by atoms with Crippen LogP contribution in [0.1, 0.15) is 13.3 Å². The molecule has 132 valence electrons. The third kappa shape index (κ3) is 3.93. The van der Waals surface area contributed by atoms with Gasteiger partial charge in [0.05, 0.1) is 16.3 Å². The number of benzene rings is 2. The first kappa shape index (κ1) is 17.7. The van der Waals surface area contributed by atoms with E-state index < -0.39 is 27.3 Å². The summed E-state index contributed by atoms with van der Waals surface area (Å²) in [5, 5.41) is 2.72. The van der Waals surface area contributed by atoms with Crippen LogP contribution >= 0.6 is 11.8 Å². The number of fused-ring (bicyclic) bond motifs is 1. The summed E-state index contributed by atoms with van der Waals surface area (Å²) in [5.74, 6) is -1.87. The average molecular weight is 384 g/mol. The number of sulfonamides is 1. The van der Waals surface area contributed by atoms with E-state index >= 15 is 0 Å². The van der Waals surface area contributed by atoms with Gasteiger partial charge < -0.3 is 5.32 Å². The molecule has 9 heteroatoms. The molecule has 2 aromatic carbocycles. The normalized spacial score (nSPS) is 17.4. The van der Waals surface area contributed by atoms with Crippen LogP contribution in [-0.4, -0.2) is 19.6 Å². The second kappa shape index (κ2) is 6.64. The lowest BCUT2D eigenvalue weighted by Gasteiger charge is -2.12. The van der Waals surface area contributed by atoms with Crippen molar-refractivity contribution in [3.63, 3.8) is 0 Å². The van der Waals surface area contributed by atoms with Crippen LogP contribution < -0.4 is 10.0 Å². The van der Waals surface area contributed by atoms with E-state index in [-0.39, 0.29) is 16.1 Å². The van der Waals surface area contributed by atoms with Crippen LogP contribution in [0.2, 0.25) is 0 Å². The number of thioether (sulfide) groups is 1. The molecule has 1 amide bonds. The minimum Gasteiger partial charge on any atom is -0.325 e. The summed E-state index contributed by atoms with van der Waals surface area (Å²) in [6.07, 6.45) is 0.314. The van der Waals surface area contributed by atoms with Gasteiger partial charge in [0, 0.05) is 22.6 Å². The summed E-state index contributed by atoms with van der Waals surface area (Å²) in [7, 11) is -4.15. The number of carbonyl (C=O) groups is 1. The summed E-state index contributed by atoms with van der Waals surface area (Å²) in [4.78, 5) is 12.4. The van der Waals surface area contributed by atoms with E-state index in [9.17, 15) is 22.0 Å². The number of nitrogens with one attached hydrogen (secondary N) is 2. The van der Waals surface area contributed by atoms with Crippen molar-refractivity contribution in [1.29, 1.82) is 0 Å². The number of hydrogen-bond donors (Lipinski definition) is 2. The van der Waals surface area contributed by atoms with Gasteiger partial charge in [-0.15, -0.1) is 11.8 Å². The molecule has 0 spiro atoms. The third-order valence-corrected chi connectivity index (χ3v) is 6.05. The minimum atomic E-state index is -4.15. The maximum Gasteiger partial charge on any atom is 0.262 e. The zero-order valence-corrected chi connectivity index (χ0v) is 14.7. The molecule has 0 aromatic heterocycles. The van der Waals surface area contributed by atoms with Crippen molar-refractivity contribution in [2.75, 3.05) is 10.0 Å². The van der Waals surface area contributed by atoms with E-state index in [2.05, 4.69) is 5.32 Å². The highest BCUT2D eigenvalue weighted by molar-refractivity contribution is 8.00. The maximum absolute atomic E-state index is 13.7. The topological polar surface area (TPSA) is 75.3 Å². The summed E-state index contributed by atoms with van der Waals surface area (Å²) in [5.41, 5.74) is -0.107. The largest absolute Gasteiger partial charge is 0.325 e. The lowest BCUT2D eigenvalue weighted by molar-refractivity contribution is -0.116. The van der Waals surface area contributed by atoms with Crippen molar-refractivity contribution in [3.05, 3.63) is 48.0 Å². The van der Waals surface area contributed by atoms with Crippen LogP contribution in [0.3, 0.4) is 0 Å². The minimum absolute atomic E-state index is 0.0585. The van der Waals surface area contributed by atoms with Crippen LogP contribution in [0.15, 0.2) is 46.2 Å². The summed E-state index contributed by atoms with van der Waals surface area (Å²) in [6.45, 7) is 1.90. The molecule has 3 rings (SSSR count). The van der Waals surface area contributed by atoms with Gasteiger partial charge in [0.15, 0.2) is 0 Å². The monoisotopic (exact) mass is 384 g/mol. The van der Waals surface area contributed by atoms with E-state index in [0.29, 0.717) is 12.1 Å². The van der Waals surface area contributed by atoms with Gasteiger partial charge in [-0.2, -0.15) is 0 Å². The number of amides is 1. The molecule has 0 fully saturated rings. The van der Waals surface area contributed by atoms with Gasteiger partial charge in [-0.25, -0.2) is 17.2 Å². The predicted octanol–water partition coefficient (Wildman–Crippen LogP) is 3.59. The van der Waals surface area contributed by atoms with Crippen molar-refractivity contribution < 1.29 is 22.0 Å². The van der Waals surface area contributed by atoms with Crippen molar-refractivity contribution >= 4 is 39.1 Å². The molecular formula is C16H14F2N2O3S2. The Morgan fingerprint density at radius 2 is 1.96 bits per heavy atom. The Labute approximate surface area is 147 Å². The first-order valence-electron chi connectivity index (χ1n) is 7.33. The molecule has 2 N–H and O–H groups in total. The van der Waals surface area contributed by atoms with Crippen LogP contribution in [0.5, 0.6) is 0 Å². The molecule has 1 heterocycles. The Bertz CT molecular complexity index is 948. The fourth-order valence-electron chi connectivity index (χ4n) is 2.38. The molecule has 0 unspecified atom stereocenters. The Morgan fingerprint density at radius 1 is 1.20 bits per heavy atom. The van der Waals surface area contributed by atoms with Crippen molar-refractivity contribution in [1.82, 2.24) is 0 Å². The predicted molar refractivity (Wildman–Crippen MR) is 92.2 cm³/mol. The lowest BCUT2D eigenvalue weighted by atomic mass is 10.3. The third-order valence-electron chi connectivity index (χ3n) is 3.51. The Hall–Kier alpha value is -2.13. The Morgan fingerprint density at radius 3 is 2.72 bits per heavy atom. The first-order valence-corrected chi connectivity index (χ1v) is 9.69. The van der Waals surface area contributed by atoms with Crippen molar-refractivity contribution in [2.45, 2.75) is 28.4 Å². The van der Waals surface area contributed by atoms with E-state index in [1.165, 1.54) is 23.9 Å². The second-order valence-electron chi connectivity index (χ2n) is 5.57. The molecule has 1 aliphatic rings. The highest BCUT2D eigenvalue weighted by Crippen LogP contribution is 2.36. The average Bonchev–Trinajstić information content (AvgIpc) is 2.66. The quantitative estimate of drug-likeness (QED) is 0.848. The Balaban J connectivity index is 1.96. The van der Waals surface area contributed by atoms with E-state index in [1.807, 2.05) is 11.6 Å². The van der Waals surface area contributed by atoms with Gasteiger partial charge in [0.2, 0.25) is 5.91 Å². The second-order valence-corrected chi connectivity index (χ2v) is 8.73. The molecule has 1 atom stereocenters. The molecule has 5 nitrogen and oxygen atoms in total. The number of carbonyl (C=O) groups excluding carboxylic acids is 1. The first-order chi connectivity index (χ1) is 11.7. The van der Waals surface area contributed by atoms with Gasteiger partial charge in [-0.3, -0.25) is 9.52 Å². The van der Waals surface area contributed by atoms with E-state index in [1.54, 1.807) is 6.07 Å². The zero-order valence-electron chi connectivity index (χ0n) is 13.0. The highest BCUT2D eigenvalue weighted by Gasteiger charge is 2.23. The smallest absolute Gasteiger partial charge is 0.262 e. The number of rotatable bonds is 3. The fourth-order valence-corrected chi connectivity index (χ4v) is 4.51. The van der Waals surface area contributed by atoms with E-state index in [4.69, 9.17) is 0 Å². The van der Waals surface area contributed by atoms with Gasteiger partial charge in [-0.05, 0) is 30.3 Å². The highest BCUT2D eigenvalue weighted by atomic mass is 32.2. The summed E-state index contributed by atoms with van der Waals surface area (Å²) < 4.78 is 53.9. The van der Waals surface area contributed by atoms with Gasteiger partial charge in [-0.1, -0.05) is 6.92 Å². The van der Waals surface area contributed by atoms with Crippen LogP contribution in [0.25, 0.3) is 0 Å². The fraction of sp³-hybridized carbons (Fsp3) is 0.188. The Kier molecular flexibility index (Phi) is 4.70. The molecule has 0 saturated carbocycles. The number of anilines is 2. The van der Waals surface area contributed by atoms with Gasteiger partial charge in [0.25, 0.3) is 10.0 Å². The number of hydrogen-bond acceptors (Lipinski definition) is 4. The molecule has 0 radical (unpaired) electrons. The van der Waals surface area contributed by atoms with Crippen molar-refractivity contribution in [3.8, 4) is 0 Å². The van der Waals surface area contributed by atoms with Crippen LogP contribution in [0.4, 0.5) is 20.2 Å². The standard InChI is InChI=1S/C16H14F2N2O3S2/c1-9-6-16(21)19-14-8-11(3-5-15(14)24-9)25(22,23)20-13-7-10(17)2-4-12(13)18/h2-5,7-9,20H,6H2,1H3,(H,19,21)/t9-/m1/s1.